The second kappa shape index (κ2) is 12.6. The van der Waals surface area contributed by atoms with Gasteiger partial charge in [-0.05, 0) is 53.6 Å². The van der Waals surface area contributed by atoms with Crippen molar-refractivity contribution in [2.75, 3.05) is 46.3 Å². The van der Waals surface area contributed by atoms with Crippen LogP contribution in [0.2, 0.25) is 0 Å². The number of hydrogen-bond donors (Lipinski definition) is 2. The van der Waals surface area contributed by atoms with E-state index >= 15 is 0 Å². The maximum absolute atomic E-state index is 12.0. The molecule has 1 rings (SSSR count). The largest absolute Gasteiger partial charge is 0.444 e. The predicted octanol–water partition coefficient (Wildman–Crippen LogP) is 2.51. The molecular weight excluding hydrogens is 445 g/mol. The van der Waals surface area contributed by atoms with Crippen molar-refractivity contribution in [3.8, 4) is 0 Å². The minimum absolute atomic E-state index is 0. The number of likely N-dealkylation sites (tertiary alicyclic amines) is 1. The van der Waals surface area contributed by atoms with Crippen LogP contribution < -0.4 is 10.6 Å². The highest BCUT2D eigenvalue weighted by Crippen LogP contribution is 2.16. The number of carbonyl (C=O) groups is 1. The van der Waals surface area contributed by atoms with Gasteiger partial charge in [-0.1, -0.05) is 6.92 Å². The van der Waals surface area contributed by atoms with E-state index in [1.807, 2.05) is 20.8 Å². The SMILES string of the molecule is CCNC(=NCC1CCCN1CC)NCCN(C)C(=O)OC(C)(C)C.I. The third-order valence-electron chi connectivity index (χ3n) is 4.15. The molecule has 1 aliphatic heterocycles. The normalized spacial score (nSPS) is 18.2. The number of aliphatic imine (C=N–C) groups is 1. The number of ether oxygens (including phenoxy) is 1. The molecule has 1 atom stereocenters. The van der Waals surface area contributed by atoms with Crippen LogP contribution in [-0.2, 0) is 4.74 Å². The van der Waals surface area contributed by atoms with Crippen molar-refractivity contribution in [2.45, 2.75) is 59.1 Å². The number of halogens is 1. The van der Waals surface area contributed by atoms with Gasteiger partial charge < -0.3 is 20.3 Å². The van der Waals surface area contributed by atoms with Gasteiger partial charge in [0.2, 0.25) is 0 Å². The predicted molar refractivity (Wildman–Crippen MR) is 119 cm³/mol. The zero-order chi connectivity index (χ0) is 18.9. The molecule has 26 heavy (non-hydrogen) atoms. The highest BCUT2D eigenvalue weighted by molar-refractivity contribution is 14.0. The average molecular weight is 483 g/mol. The van der Waals surface area contributed by atoms with Crippen molar-refractivity contribution >= 4 is 36.0 Å². The summed E-state index contributed by atoms with van der Waals surface area (Å²) in [6.07, 6.45) is 2.18. The standard InChI is InChI=1S/C18H37N5O2.HI/c1-7-19-16(21-14-15-10-9-12-23(15)8-2)20-11-13-22(6)17(24)25-18(3,4)5;/h15H,7-14H2,1-6H3,(H2,19,20,21);1H. The van der Waals surface area contributed by atoms with E-state index in [0.29, 0.717) is 19.1 Å². The van der Waals surface area contributed by atoms with Gasteiger partial charge in [0.05, 0.1) is 6.54 Å². The van der Waals surface area contributed by atoms with Crippen LogP contribution in [0.5, 0.6) is 0 Å². The Balaban J connectivity index is 0.00000625. The Hall–Kier alpha value is -0.770. The minimum atomic E-state index is -0.471. The Morgan fingerprint density at radius 1 is 1.31 bits per heavy atom. The van der Waals surface area contributed by atoms with Gasteiger partial charge in [-0.3, -0.25) is 9.89 Å². The third-order valence-corrected chi connectivity index (χ3v) is 4.15. The summed E-state index contributed by atoms with van der Waals surface area (Å²) in [4.78, 5) is 20.7. The summed E-state index contributed by atoms with van der Waals surface area (Å²) in [7, 11) is 1.75. The molecule has 2 N–H and O–H groups in total. The molecule has 154 valence electrons. The number of hydrogen-bond acceptors (Lipinski definition) is 4. The fraction of sp³-hybridized carbons (Fsp3) is 0.889. The summed E-state index contributed by atoms with van der Waals surface area (Å²) in [5.74, 6) is 0.808. The molecule has 1 heterocycles. The van der Waals surface area contributed by atoms with Crippen molar-refractivity contribution in [2.24, 2.45) is 4.99 Å². The molecule has 0 radical (unpaired) electrons. The number of nitrogens with one attached hydrogen (secondary N) is 2. The monoisotopic (exact) mass is 483 g/mol. The molecule has 0 bridgehead atoms. The Labute approximate surface area is 176 Å². The van der Waals surface area contributed by atoms with Gasteiger partial charge in [0, 0.05) is 32.7 Å². The van der Waals surface area contributed by atoms with Crippen LogP contribution >= 0.6 is 24.0 Å². The number of likely N-dealkylation sites (N-methyl/N-ethyl adjacent to an activating group) is 2. The van der Waals surface area contributed by atoms with Crippen molar-refractivity contribution < 1.29 is 9.53 Å². The molecule has 1 fully saturated rings. The summed E-state index contributed by atoms with van der Waals surface area (Å²) in [6, 6.07) is 0.546. The minimum Gasteiger partial charge on any atom is -0.444 e. The maximum Gasteiger partial charge on any atom is 0.410 e. The van der Waals surface area contributed by atoms with Crippen molar-refractivity contribution in [1.29, 1.82) is 0 Å². The molecule has 1 unspecified atom stereocenters. The van der Waals surface area contributed by atoms with Gasteiger partial charge in [-0.2, -0.15) is 0 Å². The number of guanidine groups is 1. The second-order valence-electron chi connectivity index (χ2n) is 7.47. The van der Waals surface area contributed by atoms with Crippen molar-refractivity contribution in [1.82, 2.24) is 20.4 Å². The molecule has 0 spiro atoms. The Morgan fingerprint density at radius 3 is 2.58 bits per heavy atom. The molecule has 1 saturated heterocycles. The quantitative estimate of drug-likeness (QED) is 0.331. The van der Waals surface area contributed by atoms with Crippen molar-refractivity contribution in [3.63, 3.8) is 0 Å². The Morgan fingerprint density at radius 2 is 2.00 bits per heavy atom. The van der Waals surface area contributed by atoms with E-state index in [1.165, 1.54) is 19.4 Å². The maximum atomic E-state index is 12.0. The van der Waals surface area contributed by atoms with Crippen LogP contribution in [0.15, 0.2) is 4.99 Å². The van der Waals surface area contributed by atoms with Gasteiger partial charge in [0.25, 0.3) is 0 Å². The average Bonchev–Trinajstić information content (AvgIpc) is 2.98. The van der Waals surface area contributed by atoms with Crippen molar-refractivity contribution in [3.05, 3.63) is 0 Å². The lowest BCUT2D eigenvalue weighted by molar-refractivity contribution is 0.0302. The van der Waals surface area contributed by atoms with Gasteiger partial charge >= 0.3 is 6.09 Å². The molecule has 0 aromatic heterocycles. The molecule has 7 nitrogen and oxygen atoms in total. The lowest BCUT2D eigenvalue weighted by atomic mass is 10.2. The van der Waals surface area contributed by atoms with Crippen LogP contribution in [0.1, 0.15) is 47.5 Å². The van der Waals surface area contributed by atoms with Crippen LogP contribution in [0.25, 0.3) is 0 Å². The number of amides is 1. The first kappa shape index (κ1) is 25.2. The first-order chi connectivity index (χ1) is 11.8. The number of carbonyl (C=O) groups excluding carboxylic acids is 1. The Kier molecular flexibility index (Phi) is 12.2. The van der Waals surface area contributed by atoms with E-state index in [1.54, 1.807) is 11.9 Å². The van der Waals surface area contributed by atoms with Crippen LogP contribution in [0, 0.1) is 0 Å². The van der Waals surface area contributed by atoms with E-state index < -0.39 is 5.60 Å². The van der Waals surface area contributed by atoms with Gasteiger partial charge in [-0.15, -0.1) is 24.0 Å². The molecule has 1 aliphatic rings. The van der Waals surface area contributed by atoms with E-state index in [-0.39, 0.29) is 30.1 Å². The lowest BCUT2D eigenvalue weighted by Crippen LogP contribution is -2.43. The molecule has 1 amide bonds. The van der Waals surface area contributed by atoms with E-state index in [9.17, 15) is 4.79 Å². The topological polar surface area (TPSA) is 69.2 Å². The highest BCUT2D eigenvalue weighted by atomic mass is 127. The van der Waals surface area contributed by atoms with E-state index in [2.05, 4.69) is 29.4 Å². The van der Waals surface area contributed by atoms with Gasteiger partial charge in [0.15, 0.2) is 5.96 Å². The smallest absolute Gasteiger partial charge is 0.410 e. The first-order valence-corrected chi connectivity index (χ1v) is 9.47. The fourth-order valence-electron chi connectivity index (χ4n) is 2.83. The summed E-state index contributed by atoms with van der Waals surface area (Å²) < 4.78 is 5.35. The van der Waals surface area contributed by atoms with Gasteiger partial charge in [0.1, 0.15) is 5.60 Å². The van der Waals surface area contributed by atoms with Crippen LogP contribution in [-0.4, -0.2) is 79.8 Å². The molecule has 0 aromatic rings. The Bertz CT molecular complexity index is 440. The lowest BCUT2D eigenvalue weighted by Gasteiger charge is -2.25. The fourth-order valence-corrected chi connectivity index (χ4v) is 2.83. The molecule has 0 aliphatic carbocycles. The van der Waals surface area contributed by atoms with E-state index in [0.717, 1.165) is 25.6 Å². The summed E-state index contributed by atoms with van der Waals surface area (Å²) >= 11 is 0. The van der Waals surface area contributed by atoms with Crippen LogP contribution in [0.4, 0.5) is 4.79 Å². The highest BCUT2D eigenvalue weighted by Gasteiger charge is 2.22. The summed E-state index contributed by atoms with van der Waals surface area (Å²) in [5, 5.41) is 6.56. The third kappa shape index (κ3) is 9.80. The number of nitrogens with zero attached hydrogens (tertiary/aromatic N) is 3. The zero-order valence-electron chi connectivity index (χ0n) is 17.3. The van der Waals surface area contributed by atoms with Crippen LogP contribution in [0.3, 0.4) is 0 Å². The van der Waals surface area contributed by atoms with E-state index in [4.69, 9.17) is 9.73 Å². The second-order valence-corrected chi connectivity index (χ2v) is 7.47. The molecular formula is C18H38IN5O2. The summed E-state index contributed by atoms with van der Waals surface area (Å²) in [5.41, 5.74) is -0.471. The number of rotatable bonds is 7. The van der Waals surface area contributed by atoms with Gasteiger partial charge in [-0.25, -0.2) is 4.79 Å². The summed E-state index contributed by atoms with van der Waals surface area (Å²) in [6.45, 7) is 15.0. The molecule has 8 heteroatoms. The first-order valence-electron chi connectivity index (χ1n) is 9.47. The molecule has 0 aromatic carbocycles. The molecule has 0 saturated carbocycles. The zero-order valence-corrected chi connectivity index (χ0v) is 19.6.